The number of benzene rings is 3. The molecule has 3 nitrogen and oxygen atoms in total. The second-order valence-corrected chi connectivity index (χ2v) is 5.93. The van der Waals surface area contributed by atoms with Crippen LogP contribution in [0, 0.1) is 0 Å². The molecule has 0 bridgehead atoms. The largest absolute Gasteiger partial charge is 0.489 e. The third-order valence-corrected chi connectivity index (χ3v) is 4.14. The smallest absolute Gasteiger partial charge is 0.248 e. The molecule has 0 fully saturated rings. The predicted octanol–water partition coefficient (Wildman–Crippen LogP) is 4.77. The van der Waals surface area contributed by atoms with Gasteiger partial charge in [-0.3, -0.25) is 4.79 Å². The van der Waals surface area contributed by atoms with Crippen LogP contribution in [0.3, 0.4) is 0 Å². The fourth-order valence-electron chi connectivity index (χ4n) is 2.84. The van der Waals surface area contributed by atoms with Gasteiger partial charge in [-0.25, -0.2) is 0 Å². The van der Waals surface area contributed by atoms with Gasteiger partial charge in [-0.1, -0.05) is 48.5 Å². The van der Waals surface area contributed by atoms with Gasteiger partial charge in [0, 0.05) is 11.6 Å². The van der Waals surface area contributed by atoms with Gasteiger partial charge in [-0.15, -0.1) is 0 Å². The van der Waals surface area contributed by atoms with Crippen LogP contribution >= 0.6 is 0 Å². The van der Waals surface area contributed by atoms with E-state index in [9.17, 15) is 4.79 Å². The van der Waals surface area contributed by atoms with Gasteiger partial charge >= 0.3 is 0 Å². The van der Waals surface area contributed by atoms with Gasteiger partial charge in [0.2, 0.25) is 5.56 Å². The summed E-state index contributed by atoms with van der Waals surface area (Å²) >= 11 is 0. The maximum Gasteiger partial charge on any atom is 0.248 e. The molecule has 0 saturated heterocycles. The lowest BCUT2D eigenvalue weighted by Crippen LogP contribution is -2.02. The van der Waals surface area contributed by atoms with E-state index in [0.717, 1.165) is 33.3 Å². The maximum absolute atomic E-state index is 11.4. The first-order chi connectivity index (χ1) is 12.3. The molecule has 3 aromatic carbocycles. The van der Waals surface area contributed by atoms with Crippen LogP contribution in [0.1, 0.15) is 5.56 Å². The number of pyridine rings is 1. The monoisotopic (exact) mass is 327 g/mol. The number of fused-ring (bicyclic) bond motifs is 1. The van der Waals surface area contributed by atoms with Crippen molar-refractivity contribution in [3.8, 4) is 16.9 Å². The highest BCUT2D eigenvalue weighted by Gasteiger charge is 2.03. The lowest BCUT2D eigenvalue weighted by atomic mass is 10.0. The fourth-order valence-corrected chi connectivity index (χ4v) is 2.84. The highest BCUT2D eigenvalue weighted by molar-refractivity contribution is 5.84. The number of ether oxygens (including phenoxy) is 1. The highest BCUT2D eigenvalue weighted by atomic mass is 16.5. The molecule has 4 rings (SSSR count). The summed E-state index contributed by atoms with van der Waals surface area (Å²) in [5.74, 6) is 0.836. The van der Waals surface area contributed by atoms with Gasteiger partial charge in [0.1, 0.15) is 12.4 Å². The van der Waals surface area contributed by atoms with Crippen LogP contribution < -0.4 is 10.3 Å². The third-order valence-electron chi connectivity index (χ3n) is 4.14. The first kappa shape index (κ1) is 15.2. The molecule has 1 N–H and O–H groups in total. The first-order valence-electron chi connectivity index (χ1n) is 8.18. The van der Waals surface area contributed by atoms with Crippen molar-refractivity contribution in [1.29, 1.82) is 0 Å². The Morgan fingerprint density at radius 2 is 1.60 bits per heavy atom. The van der Waals surface area contributed by atoms with Gasteiger partial charge in [-0.2, -0.15) is 0 Å². The normalized spacial score (nSPS) is 10.7. The molecule has 0 aliphatic carbocycles. The lowest BCUT2D eigenvalue weighted by Gasteiger charge is -2.09. The number of H-pyrrole nitrogens is 1. The molecule has 1 heterocycles. The Bertz CT molecular complexity index is 1070. The number of rotatable bonds is 4. The molecular formula is C22H17NO2. The van der Waals surface area contributed by atoms with E-state index in [4.69, 9.17) is 4.74 Å². The van der Waals surface area contributed by atoms with Crippen LogP contribution in [0.2, 0.25) is 0 Å². The summed E-state index contributed by atoms with van der Waals surface area (Å²) in [6.07, 6.45) is 0. The number of aromatic amines is 1. The van der Waals surface area contributed by atoms with Crippen LogP contribution in [0.5, 0.6) is 5.75 Å². The Kier molecular flexibility index (Phi) is 4.05. The molecule has 0 radical (unpaired) electrons. The van der Waals surface area contributed by atoms with Crippen LogP contribution in [0.25, 0.3) is 22.0 Å². The van der Waals surface area contributed by atoms with E-state index in [1.165, 1.54) is 0 Å². The molecule has 0 atom stereocenters. The van der Waals surface area contributed by atoms with Gasteiger partial charge in [0.15, 0.2) is 0 Å². The number of hydrogen-bond donors (Lipinski definition) is 1. The molecule has 4 aromatic rings. The molecule has 0 amide bonds. The Hall–Kier alpha value is -3.33. The molecular weight excluding hydrogens is 310 g/mol. The van der Waals surface area contributed by atoms with Crippen molar-refractivity contribution in [1.82, 2.24) is 4.98 Å². The lowest BCUT2D eigenvalue weighted by molar-refractivity contribution is 0.306. The van der Waals surface area contributed by atoms with Gasteiger partial charge in [-0.05, 0) is 52.4 Å². The molecule has 1 aromatic heterocycles. The highest BCUT2D eigenvalue weighted by Crippen LogP contribution is 2.26. The van der Waals surface area contributed by atoms with E-state index in [2.05, 4.69) is 17.1 Å². The summed E-state index contributed by atoms with van der Waals surface area (Å²) in [7, 11) is 0. The quantitative estimate of drug-likeness (QED) is 0.586. The maximum atomic E-state index is 11.4. The molecule has 122 valence electrons. The average molecular weight is 327 g/mol. The molecule has 0 spiro atoms. The van der Waals surface area contributed by atoms with Crippen LogP contribution in [-0.2, 0) is 6.61 Å². The molecule has 0 aliphatic heterocycles. The minimum absolute atomic E-state index is 0.0865. The van der Waals surface area contributed by atoms with E-state index >= 15 is 0 Å². The van der Waals surface area contributed by atoms with E-state index < -0.39 is 0 Å². The van der Waals surface area contributed by atoms with Gasteiger partial charge in [0.25, 0.3) is 0 Å². The Morgan fingerprint density at radius 1 is 0.760 bits per heavy atom. The number of aromatic nitrogens is 1. The van der Waals surface area contributed by atoms with Crippen molar-refractivity contribution in [2.75, 3.05) is 0 Å². The van der Waals surface area contributed by atoms with Crippen LogP contribution in [-0.4, -0.2) is 4.98 Å². The Morgan fingerprint density at radius 3 is 2.48 bits per heavy atom. The summed E-state index contributed by atoms with van der Waals surface area (Å²) in [6, 6.07) is 27.6. The second-order valence-electron chi connectivity index (χ2n) is 5.93. The zero-order valence-electron chi connectivity index (χ0n) is 13.6. The summed E-state index contributed by atoms with van der Waals surface area (Å²) in [5, 5.41) is 1.01. The Balaban J connectivity index is 1.60. The van der Waals surface area contributed by atoms with Crippen molar-refractivity contribution in [2.45, 2.75) is 6.61 Å². The fraction of sp³-hybridized carbons (Fsp3) is 0.0455. The van der Waals surface area contributed by atoms with E-state index in [-0.39, 0.29) is 5.56 Å². The van der Waals surface area contributed by atoms with Crippen LogP contribution in [0.4, 0.5) is 0 Å². The summed E-state index contributed by atoms with van der Waals surface area (Å²) < 4.78 is 5.91. The number of nitrogens with one attached hydrogen (secondary N) is 1. The van der Waals surface area contributed by atoms with Crippen molar-refractivity contribution >= 4 is 10.9 Å². The minimum Gasteiger partial charge on any atom is -0.489 e. The molecule has 0 saturated carbocycles. The summed E-state index contributed by atoms with van der Waals surface area (Å²) in [6.45, 7) is 0.545. The van der Waals surface area contributed by atoms with Gasteiger partial charge < -0.3 is 9.72 Å². The van der Waals surface area contributed by atoms with Crippen molar-refractivity contribution in [3.63, 3.8) is 0 Å². The zero-order valence-corrected chi connectivity index (χ0v) is 13.6. The second kappa shape index (κ2) is 6.65. The zero-order chi connectivity index (χ0) is 17.1. The molecule has 0 unspecified atom stereocenters. The van der Waals surface area contributed by atoms with Gasteiger partial charge in [0.05, 0.1) is 0 Å². The van der Waals surface area contributed by atoms with Crippen molar-refractivity contribution in [3.05, 3.63) is 101 Å². The Labute approximate surface area is 145 Å². The predicted molar refractivity (Wildman–Crippen MR) is 101 cm³/mol. The summed E-state index contributed by atoms with van der Waals surface area (Å²) in [5.41, 5.74) is 4.07. The molecule has 3 heteroatoms. The molecule has 0 aliphatic rings. The first-order valence-corrected chi connectivity index (χ1v) is 8.18. The van der Waals surface area contributed by atoms with E-state index in [1.54, 1.807) is 6.07 Å². The van der Waals surface area contributed by atoms with Crippen molar-refractivity contribution < 1.29 is 4.74 Å². The van der Waals surface area contributed by atoms with E-state index in [1.807, 2.05) is 66.7 Å². The number of hydrogen-bond acceptors (Lipinski definition) is 2. The topological polar surface area (TPSA) is 42.1 Å². The standard InChI is InChI=1S/C22H17NO2/c24-22-12-10-19-13-18(9-11-21(19)23-22)17-7-4-8-20(14-17)25-15-16-5-2-1-3-6-16/h1-14H,15H2,(H,23,24). The van der Waals surface area contributed by atoms with Crippen LogP contribution in [0.15, 0.2) is 89.7 Å². The third kappa shape index (κ3) is 3.45. The average Bonchev–Trinajstić information content (AvgIpc) is 2.67. The summed E-state index contributed by atoms with van der Waals surface area (Å²) in [4.78, 5) is 14.2. The van der Waals surface area contributed by atoms with Crippen molar-refractivity contribution in [2.24, 2.45) is 0 Å². The molecule has 25 heavy (non-hydrogen) atoms. The SMILES string of the molecule is O=c1ccc2cc(-c3cccc(OCc4ccccc4)c3)ccc2[nH]1. The minimum atomic E-state index is -0.0865. The van der Waals surface area contributed by atoms with E-state index in [0.29, 0.717) is 6.61 Å².